The third kappa shape index (κ3) is 6.64. The molecule has 0 saturated carbocycles. The molecule has 4 aromatic rings. The molecule has 0 radical (unpaired) electrons. The molecule has 4 rings (SSSR count). The summed E-state index contributed by atoms with van der Waals surface area (Å²) in [6.45, 7) is 4.98. The van der Waals surface area contributed by atoms with Crippen LogP contribution in [0.5, 0.6) is 11.5 Å². The van der Waals surface area contributed by atoms with E-state index in [9.17, 15) is 9.59 Å². The van der Waals surface area contributed by atoms with Gasteiger partial charge in [-0.2, -0.15) is 0 Å². The zero-order valence-corrected chi connectivity index (χ0v) is 22.0. The monoisotopic (exact) mass is 504 g/mol. The molecule has 0 fully saturated rings. The first-order valence-corrected chi connectivity index (χ1v) is 12.6. The zero-order valence-electron chi connectivity index (χ0n) is 22.0. The quantitative estimate of drug-likeness (QED) is 0.228. The Labute approximate surface area is 217 Å². The van der Waals surface area contributed by atoms with Gasteiger partial charge in [0, 0.05) is 72.3 Å². The molecule has 0 spiro atoms. The number of ether oxygens (including phenoxy) is 2. The molecule has 0 aliphatic carbocycles. The van der Waals surface area contributed by atoms with Crippen molar-refractivity contribution >= 4 is 33.6 Å². The van der Waals surface area contributed by atoms with E-state index < -0.39 is 5.41 Å². The van der Waals surface area contributed by atoms with E-state index in [1.54, 1.807) is 14.2 Å². The van der Waals surface area contributed by atoms with Gasteiger partial charge in [-0.05, 0) is 53.6 Å². The zero-order chi connectivity index (χ0) is 26.4. The maximum absolute atomic E-state index is 12.6. The fourth-order valence-electron chi connectivity index (χ4n) is 4.73. The molecule has 2 heterocycles. The number of aromatic amines is 2. The molecule has 4 N–H and O–H groups in total. The highest BCUT2D eigenvalue weighted by Gasteiger charge is 2.25. The predicted octanol–water partition coefficient (Wildman–Crippen LogP) is 4.49. The summed E-state index contributed by atoms with van der Waals surface area (Å²) >= 11 is 0. The fraction of sp³-hybridized carbons (Fsp3) is 0.379. The maximum Gasteiger partial charge on any atom is 0.220 e. The smallest absolute Gasteiger partial charge is 0.220 e. The van der Waals surface area contributed by atoms with Crippen molar-refractivity contribution in [3.63, 3.8) is 0 Å². The Morgan fingerprint density at radius 3 is 1.59 bits per heavy atom. The normalized spacial score (nSPS) is 11.6. The van der Waals surface area contributed by atoms with Crippen LogP contribution in [0.1, 0.15) is 37.8 Å². The van der Waals surface area contributed by atoms with Crippen LogP contribution >= 0.6 is 0 Å². The second-order valence-electron chi connectivity index (χ2n) is 10.2. The second kappa shape index (κ2) is 11.4. The molecule has 196 valence electrons. The van der Waals surface area contributed by atoms with Crippen molar-refractivity contribution in [3.05, 3.63) is 59.9 Å². The standard InChI is InChI=1S/C29H36N4O4/c1-29(2,15-27(34)30-11-9-19-17-32-25-13-21(36-3)5-7-23(19)25)16-28(35)31-12-10-20-18-33-26-14-22(37-4)6-8-24(20)26/h5-8,13-14,17-18,32-33H,9-12,15-16H2,1-4H3,(H,30,34)(H,31,35). The van der Waals surface area contributed by atoms with Gasteiger partial charge in [0.25, 0.3) is 0 Å². The molecule has 0 aliphatic rings. The summed E-state index contributed by atoms with van der Waals surface area (Å²) in [5.41, 5.74) is 3.87. The number of hydrogen-bond donors (Lipinski definition) is 4. The molecule has 8 nitrogen and oxygen atoms in total. The van der Waals surface area contributed by atoms with Crippen LogP contribution in [0.2, 0.25) is 0 Å². The average molecular weight is 505 g/mol. The van der Waals surface area contributed by atoms with Crippen molar-refractivity contribution in [2.75, 3.05) is 27.3 Å². The van der Waals surface area contributed by atoms with Gasteiger partial charge in [-0.3, -0.25) is 9.59 Å². The average Bonchev–Trinajstić information content (AvgIpc) is 3.46. The number of H-pyrrole nitrogens is 2. The second-order valence-corrected chi connectivity index (χ2v) is 10.2. The summed E-state index contributed by atoms with van der Waals surface area (Å²) in [6, 6.07) is 11.8. The van der Waals surface area contributed by atoms with E-state index in [0.717, 1.165) is 57.3 Å². The van der Waals surface area contributed by atoms with Gasteiger partial charge in [0.05, 0.1) is 14.2 Å². The van der Waals surface area contributed by atoms with Crippen LogP contribution in [0.3, 0.4) is 0 Å². The molecule has 2 amide bonds. The minimum Gasteiger partial charge on any atom is -0.497 e. The highest BCUT2D eigenvalue weighted by Crippen LogP contribution is 2.26. The van der Waals surface area contributed by atoms with Gasteiger partial charge in [0.2, 0.25) is 11.8 Å². The highest BCUT2D eigenvalue weighted by atomic mass is 16.5. The molecule has 0 aliphatic heterocycles. The summed E-state index contributed by atoms with van der Waals surface area (Å²) in [5.74, 6) is 1.51. The molecule has 0 unspecified atom stereocenters. The van der Waals surface area contributed by atoms with Crippen LogP contribution in [-0.4, -0.2) is 49.1 Å². The van der Waals surface area contributed by atoms with E-state index in [1.165, 1.54) is 0 Å². The molecule has 0 bridgehead atoms. The Morgan fingerprint density at radius 1 is 0.757 bits per heavy atom. The van der Waals surface area contributed by atoms with Crippen LogP contribution in [0.25, 0.3) is 21.8 Å². The number of carbonyl (C=O) groups is 2. The van der Waals surface area contributed by atoms with E-state index in [1.807, 2.05) is 62.6 Å². The lowest BCUT2D eigenvalue weighted by Crippen LogP contribution is -2.34. The molecule has 0 atom stereocenters. The third-order valence-electron chi connectivity index (χ3n) is 6.66. The molecule has 2 aromatic heterocycles. The molecular weight excluding hydrogens is 468 g/mol. The van der Waals surface area contributed by atoms with E-state index in [0.29, 0.717) is 13.1 Å². The van der Waals surface area contributed by atoms with Crippen molar-refractivity contribution < 1.29 is 19.1 Å². The number of aromatic nitrogens is 2. The number of rotatable bonds is 12. The third-order valence-corrected chi connectivity index (χ3v) is 6.66. The summed E-state index contributed by atoms with van der Waals surface area (Å²) in [7, 11) is 3.30. The summed E-state index contributed by atoms with van der Waals surface area (Å²) < 4.78 is 10.5. The number of benzene rings is 2. The van der Waals surface area contributed by atoms with Crippen LogP contribution in [0.15, 0.2) is 48.8 Å². The Balaban J connectivity index is 1.19. The highest BCUT2D eigenvalue weighted by molar-refractivity contribution is 5.85. The van der Waals surface area contributed by atoms with E-state index in [4.69, 9.17) is 9.47 Å². The van der Waals surface area contributed by atoms with Crippen molar-refractivity contribution in [1.82, 2.24) is 20.6 Å². The first-order valence-electron chi connectivity index (χ1n) is 12.6. The molecule has 0 saturated heterocycles. The molecule has 2 aromatic carbocycles. The van der Waals surface area contributed by atoms with Crippen LogP contribution in [0, 0.1) is 5.41 Å². The van der Waals surface area contributed by atoms with Crippen molar-refractivity contribution in [3.8, 4) is 11.5 Å². The SMILES string of the molecule is COc1ccc2c(CCNC(=O)CC(C)(C)CC(=O)NCCc3c[nH]c4cc(OC)ccc34)c[nH]c2c1. The largest absolute Gasteiger partial charge is 0.497 e. The first kappa shape index (κ1) is 26.1. The van der Waals surface area contributed by atoms with Gasteiger partial charge in [0.1, 0.15) is 11.5 Å². The minimum absolute atomic E-state index is 0.0477. The Kier molecular flexibility index (Phi) is 8.06. The first-order chi connectivity index (χ1) is 17.8. The molecule has 8 heteroatoms. The lowest BCUT2D eigenvalue weighted by Gasteiger charge is -2.23. The van der Waals surface area contributed by atoms with Gasteiger partial charge >= 0.3 is 0 Å². The lowest BCUT2D eigenvalue weighted by atomic mass is 9.85. The van der Waals surface area contributed by atoms with E-state index >= 15 is 0 Å². The van der Waals surface area contributed by atoms with E-state index in [-0.39, 0.29) is 24.7 Å². The van der Waals surface area contributed by atoms with Crippen molar-refractivity contribution in [2.45, 2.75) is 39.5 Å². The number of fused-ring (bicyclic) bond motifs is 2. The summed E-state index contributed by atoms with van der Waals surface area (Å²) in [6.07, 6.45) is 5.96. The Morgan fingerprint density at radius 2 is 1.19 bits per heavy atom. The van der Waals surface area contributed by atoms with E-state index in [2.05, 4.69) is 20.6 Å². The lowest BCUT2D eigenvalue weighted by molar-refractivity contribution is -0.125. The van der Waals surface area contributed by atoms with Crippen molar-refractivity contribution in [2.24, 2.45) is 5.41 Å². The fourth-order valence-corrected chi connectivity index (χ4v) is 4.73. The van der Waals surface area contributed by atoms with Gasteiger partial charge in [0.15, 0.2) is 0 Å². The van der Waals surface area contributed by atoms with Gasteiger partial charge in [-0.15, -0.1) is 0 Å². The number of amides is 2. The number of hydrogen-bond acceptors (Lipinski definition) is 4. The van der Waals surface area contributed by atoms with Crippen LogP contribution < -0.4 is 20.1 Å². The maximum atomic E-state index is 12.6. The Bertz CT molecular complexity index is 1280. The van der Waals surface area contributed by atoms with Crippen molar-refractivity contribution in [1.29, 1.82) is 0 Å². The molecule has 37 heavy (non-hydrogen) atoms. The van der Waals surface area contributed by atoms with Gasteiger partial charge < -0.3 is 30.1 Å². The van der Waals surface area contributed by atoms with Gasteiger partial charge in [-0.1, -0.05) is 13.8 Å². The minimum atomic E-state index is -0.442. The van der Waals surface area contributed by atoms with Gasteiger partial charge in [-0.25, -0.2) is 0 Å². The number of nitrogens with one attached hydrogen (secondary N) is 4. The number of carbonyl (C=O) groups excluding carboxylic acids is 2. The summed E-state index contributed by atoms with van der Waals surface area (Å²) in [4.78, 5) is 31.7. The topological polar surface area (TPSA) is 108 Å². The van der Waals surface area contributed by atoms with Crippen LogP contribution in [0.4, 0.5) is 0 Å². The Hall–Kier alpha value is -3.94. The predicted molar refractivity (Wildman–Crippen MR) is 146 cm³/mol. The number of methoxy groups -OCH3 is 2. The summed E-state index contributed by atoms with van der Waals surface area (Å²) in [5, 5.41) is 8.25. The molecular formula is C29H36N4O4. The van der Waals surface area contributed by atoms with Crippen LogP contribution in [-0.2, 0) is 22.4 Å².